The lowest BCUT2D eigenvalue weighted by Gasteiger charge is -2.04. The monoisotopic (exact) mass is 202 g/mol. The summed E-state index contributed by atoms with van der Waals surface area (Å²) in [6, 6.07) is 0. The second-order valence-electron chi connectivity index (χ2n) is 3.32. The Morgan fingerprint density at radius 3 is 2.14 bits per heavy atom. The molecule has 0 nitrogen and oxygen atoms in total. The fourth-order valence-corrected chi connectivity index (χ4v) is 1.59. The van der Waals surface area contributed by atoms with E-state index in [9.17, 15) is 17.6 Å². The highest BCUT2D eigenvalue weighted by Gasteiger charge is 2.26. The number of hydrogen-bond donors (Lipinski definition) is 0. The van der Waals surface area contributed by atoms with Gasteiger partial charge in [0.1, 0.15) is 0 Å². The van der Waals surface area contributed by atoms with Crippen LogP contribution in [0.1, 0.15) is 18.1 Å². The highest BCUT2D eigenvalue weighted by Crippen LogP contribution is 2.32. The molecule has 0 saturated heterocycles. The Hall–Kier alpha value is -1.32. The lowest BCUT2D eigenvalue weighted by atomic mass is 10.1. The molecule has 14 heavy (non-hydrogen) atoms. The molecule has 2 rings (SSSR count). The first kappa shape index (κ1) is 9.24. The zero-order chi connectivity index (χ0) is 10.5. The fraction of sp³-hybridized carbons (Fsp3) is 0.200. The largest absolute Gasteiger partial charge is 0.203 e. The second kappa shape index (κ2) is 2.83. The van der Waals surface area contributed by atoms with Crippen molar-refractivity contribution < 1.29 is 17.6 Å². The van der Waals surface area contributed by atoms with Gasteiger partial charge in [-0.25, -0.2) is 17.6 Å². The Bertz CT molecular complexity index is 446. The molecule has 1 aromatic carbocycles. The third-order valence-corrected chi connectivity index (χ3v) is 2.25. The molecule has 0 atom stereocenters. The standard InChI is InChI=1S/C10H6F4/c1-4-2-5-6(3-4)8(12)10(14)9(13)7(5)11/h2H,3H2,1H3. The Balaban J connectivity index is 2.78. The van der Waals surface area contributed by atoms with Gasteiger partial charge in [0.05, 0.1) is 0 Å². The van der Waals surface area contributed by atoms with Crippen molar-refractivity contribution in [1.82, 2.24) is 0 Å². The van der Waals surface area contributed by atoms with E-state index in [0.717, 1.165) is 0 Å². The van der Waals surface area contributed by atoms with Gasteiger partial charge in [-0.1, -0.05) is 11.6 Å². The molecule has 0 bridgehead atoms. The lowest BCUT2D eigenvalue weighted by Crippen LogP contribution is -2.03. The van der Waals surface area contributed by atoms with Crippen LogP contribution in [-0.2, 0) is 6.42 Å². The van der Waals surface area contributed by atoms with Gasteiger partial charge >= 0.3 is 0 Å². The van der Waals surface area contributed by atoms with Crippen molar-refractivity contribution in [3.05, 3.63) is 40.0 Å². The quantitative estimate of drug-likeness (QED) is 0.344. The average Bonchev–Trinajstić information content (AvgIpc) is 2.54. The second-order valence-corrected chi connectivity index (χ2v) is 3.32. The van der Waals surface area contributed by atoms with Gasteiger partial charge < -0.3 is 0 Å². The van der Waals surface area contributed by atoms with Crippen molar-refractivity contribution in [2.45, 2.75) is 13.3 Å². The van der Waals surface area contributed by atoms with Gasteiger partial charge in [0.25, 0.3) is 0 Å². The third kappa shape index (κ3) is 1.06. The first-order valence-corrected chi connectivity index (χ1v) is 4.04. The molecule has 0 aromatic heterocycles. The number of rotatable bonds is 0. The van der Waals surface area contributed by atoms with E-state index < -0.39 is 23.3 Å². The molecule has 0 aliphatic heterocycles. The normalized spacial score (nSPS) is 14.2. The molecular formula is C10H6F4. The molecule has 0 saturated carbocycles. The Labute approximate surface area is 77.9 Å². The first-order chi connectivity index (χ1) is 6.52. The SMILES string of the molecule is CC1=Cc2c(F)c(F)c(F)c(F)c2C1. The van der Waals surface area contributed by atoms with Gasteiger partial charge in [0.15, 0.2) is 23.3 Å². The van der Waals surface area contributed by atoms with Crippen molar-refractivity contribution in [2.75, 3.05) is 0 Å². The molecule has 0 fully saturated rings. The summed E-state index contributed by atoms with van der Waals surface area (Å²) in [4.78, 5) is 0. The molecule has 0 heterocycles. The maximum Gasteiger partial charge on any atom is 0.198 e. The van der Waals surface area contributed by atoms with Crippen molar-refractivity contribution >= 4 is 6.08 Å². The number of fused-ring (bicyclic) bond motifs is 1. The highest BCUT2D eigenvalue weighted by atomic mass is 19.2. The predicted octanol–water partition coefficient (Wildman–Crippen LogP) is 3.20. The van der Waals surface area contributed by atoms with Crippen LogP contribution in [0.2, 0.25) is 0 Å². The summed E-state index contributed by atoms with van der Waals surface area (Å²) in [5.41, 5.74) is 0.417. The van der Waals surface area contributed by atoms with E-state index in [0.29, 0.717) is 5.57 Å². The maximum atomic E-state index is 13.1. The first-order valence-electron chi connectivity index (χ1n) is 4.04. The molecule has 1 aromatic rings. The van der Waals surface area contributed by atoms with E-state index >= 15 is 0 Å². The molecular weight excluding hydrogens is 196 g/mol. The molecule has 0 unspecified atom stereocenters. The molecule has 4 heteroatoms. The van der Waals surface area contributed by atoms with E-state index in [1.807, 2.05) is 0 Å². The number of hydrogen-bond acceptors (Lipinski definition) is 0. The molecule has 1 aliphatic carbocycles. The van der Waals surface area contributed by atoms with Crippen LogP contribution in [0.4, 0.5) is 17.6 Å². The summed E-state index contributed by atoms with van der Waals surface area (Å²) < 4.78 is 51.7. The highest BCUT2D eigenvalue weighted by molar-refractivity contribution is 5.64. The molecule has 0 radical (unpaired) electrons. The Morgan fingerprint density at radius 1 is 0.929 bits per heavy atom. The van der Waals surface area contributed by atoms with Crippen LogP contribution in [0.3, 0.4) is 0 Å². The summed E-state index contributed by atoms with van der Waals surface area (Å²) in [6.45, 7) is 1.65. The van der Waals surface area contributed by atoms with Gasteiger partial charge in [0.2, 0.25) is 0 Å². The van der Waals surface area contributed by atoms with Crippen LogP contribution in [0.25, 0.3) is 6.08 Å². The molecule has 1 aliphatic rings. The summed E-state index contributed by atoms with van der Waals surface area (Å²) in [6.07, 6.45) is 1.46. The Kier molecular flexibility index (Phi) is 1.87. The van der Waals surface area contributed by atoms with E-state index in [1.165, 1.54) is 6.08 Å². The van der Waals surface area contributed by atoms with Crippen molar-refractivity contribution in [1.29, 1.82) is 0 Å². The smallest absolute Gasteiger partial charge is 0.198 e. The number of allylic oxidation sites excluding steroid dienone is 1. The van der Waals surface area contributed by atoms with Crippen molar-refractivity contribution in [2.24, 2.45) is 0 Å². The van der Waals surface area contributed by atoms with E-state index in [-0.39, 0.29) is 17.5 Å². The Morgan fingerprint density at radius 2 is 1.50 bits per heavy atom. The molecule has 74 valence electrons. The van der Waals surface area contributed by atoms with Gasteiger partial charge in [-0.3, -0.25) is 0 Å². The van der Waals surface area contributed by atoms with Crippen LogP contribution in [0.15, 0.2) is 5.57 Å². The third-order valence-electron chi connectivity index (χ3n) is 2.25. The minimum absolute atomic E-state index is 0.0982. The molecule has 0 N–H and O–H groups in total. The lowest BCUT2D eigenvalue weighted by molar-refractivity contribution is 0.404. The summed E-state index contributed by atoms with van der Waals surface area (Å²) in [5, 5.41) is 0. The topological polar surface area (TPSA) is 0 Å². The predicted molar refractivity (Wildman–Crippen MR) is 43.6 cm³/mol. The number of benzene rings is 1. The van der Waals surface area contributed by atoms with E-state index in [2.05, 4.69) is 0 Å². The summed E-state index contributed by atoms with van der Waals surface area (Å²) in [5.74, 6) is -6.07. The van der Waals surface area contributed by atoms with Crippen LogP contribution in [0.5, 0.6) is 0 Å². The van der Waals surface area contributed by atoms with Crippen LogP contribution >= 0.6 is 0 Å². The van der Waals surface area contributed by atoms with Gasteiger partial charge in [-0.15, -0.1) is 0 Å². The summed E-state index contributed by atoms with van der Waals surface area (Å²) in [7, 11) is 0. The van der Waals surface area contributed by atoms with Crippen LogP contribution in [0, 0.1) is 23.3 Å². The summed E-state index contributed by atoms with van der Waals surface area (Å²) >= 11 is 0. The number of halogens is 4. The van der Waals surface area contributed by atoms with Gasteiger partial charge in [-0.2, -0.15) is 0 Å². The van der Waals surface area contributed by atoms with Gasteiger partial charge in [-0.05, 0) is 13.3 Å². The van der Waals surface area contributed by atoms with Crippen molar-refractivity contribution in [3.63, 3.8) is 0 Å². The zero-order valence-electron chi connectivity index (χ0n) is 7.30. The van der Waals surface area contributed by atoms with Gasteiger partial charge in [0, 0.05) is 11.1 Å². The minimum atomic E-state index is -1.74. The maximum absolute atomic E-state index is 13.1. The average molecular weight is 202 g/mol. The van der Waals surface area contributed by atoms with E-state index in [4.69, 9.17) is 0 Å². The molecule has 0 spiro atoms. The minimum Gasteiger partial charge on any atom is -0.203 e. The van der Waals surface area contributed by atoms with Crippen LogP contribution < -0.4 is 0 Å². The van der Waals surface area contributed by atoms with Crippen LogP contribution in [-0.4, -0.2) is 0 Å². The zero-order valence-corrected chi connectivity index (χ0v) is 7.30. The van der Waals surface area contributed by atoms with Crippen molar-refractivity contribution in [3.8, 4) is 0 Å². The fourth-order valence-electron chi connectivity index (χ4n) is 1.59. The van der Waals surface area contributed by atoms with E-state index in [1.54, 1.807) is 6.92 Å². The molecule has 0 amide bonds.